The Morgan fingerprint density at radius 1 is 1.28 bits per heavy atom. The molecule has 0 bridgehead atoms. The first-order valence-electron chi connectivity index (χ1n) is 5.57. The topological polar surface area (TPSA) is 91.5 Å². The van der Waals surface area contributed by atoms with Crippen LogP contribution in [-0.4, -0.2) is 50.6 Å². The lowest BCUT2D eigenvalue weighted by Crippen LogP contribution is -2.27. The lowest BCUT2D eigenvalue weighted by molar-refractivity contribution is 0.0365. The van der Waals surface area contributed by atoms with Crippen LogP contribution < -0.4 is 11.1 Å². The van der Waals surface area contributed by atoms with Crippen LogP contribution in [0, 0.1) is 0 Å². The van der Waals surface area contributed by atoms with Crippen LogP contribution in [0.2, 0.25) is 0 Å². The molecule has 0 amide bonds. The third kappa shape index (κ3) is 4.82. The molecule has 102 valence electrons. The fourth-order valence-electron chi connectivity index (χ4n) is 1.42. The summed E-state index contributed by atoms with van der Waals surface area (Å²) >= 11 is 0. The SMILES string of the molecule is COCc1nc(N)cc(NCC(COC)OC)n1. The monoisotopic (exact) mass is 256 g/mol. The first kappa shape index (κ1) is 14.6. The van der Waals surface area contributed by atoms with E-state index in [1.54, 1.807) is 27.4 Å². The molecule has 3 N–H and O–H groups in total. The van der Waals surface area contributed by atoms with E-state index >= 15 is 0 Å². The van der Waals surface area contributed by atoms with E-state index in [2.05, 4.69) is 15.3 Å². The number of nitrogens with zero attached hydrogens (tertiary/aromatic N) is 2. The highest BCUT2D eigenvalue weighted by molar-refractivity contribution is 5.44. The number of aromatic nitrogens is 2. The Bertz CT molecular complexity index is 362. The maximum atomic E-state index is 5.68. The lowest BCUT2D eigenvalue weighted by atomic mass is 10.3. The summed E-state index contributed by atoms with van der Waals surface area (Å²) in [6.45, 7) is 1.41. The van der Waals surface area contributed by atoms with E-state index in [0.29, 0.717) is 37.2 Å². The molecule has 0 radical (unpaired) electrons. The summed E-state index contributed by atoms with van der Waals surface area (Å²) in [7, 11) is 4.85. The zero-order valence-electron chi connectivity index (χ0n) is 11.0. The van der Waals surface area contributed by atoms with Gasteiger partial charge in [-0.05, 0) is 0 Å². The Labute approximate surface area is 107 Å². The fourth-order valence-corrected chi connectivity index (χ4v) is 1.42. The van der Waals surface area contributed by atoms with Crippen molar-refractivity contribution in [3.05, 3.63) is 11.9 Å². The van der Waals surface area contributed by atoms with Crippen LogP contribution in [0.15, 0.2) is 6.07 Å². The molecule has 0 aliphatic carbocycles. The molecule has 1 aromatic rings. The molecule has 1 unspecified atom stereocenters. The van der Waals surface area contributed by atoms with Crippen molar-refractivity contribution in [1.29, 1.82) is 0 Å². The van der Waals surface area contributed by atoms with Crippen molar-refractivity contribution >= 4 is 11.6 Å². The van der Waals surface area contributed by atoms with Gasteiger partial charge in [-0.25, -0.2) is 9.97 Å². The van der Waals surface area contributed by atoms with E-state index in [1.165, 1.54) is 0 Å². The molecule has 0 aliphatic heterocycles. The van der Waals surface area contributed by atoms with Crippen molar-refractivity contribution in [2.45, 2.75) is 12.7 Å². The van der Waals surface area contributed by atoms with Crippen LogP contribution in [-0.2, 0) is 20.8 Å². The van der Waals surface area contributed by atoms with Crippen molar-refractivity contribution in [2.75, 3.05) is 45.5 Å². The standard InChI is InChI=1S/C11H20N4O3/c1-16-6-8(18-3)5-13-10-4-9(12)14-11(15-10)7-17-2/h4,8H,5-7H2,1-3H3,(H3,12,13,14,15). The molecule has 18 heavy (non-hydrogen) atoms. The zero-order chi connectivity index (χ0) is 13.4. The predicted molar refractivity (Wildman–Crippen MR) is 68.3 cm³/mol. The van der Waals surface area contributed by atoms with Gasteiger partial charge >= 0.3 is 0 Å². The number of ether oxygens (including phenoxy) is 3. The van der Waals surface area contributed by atoms with Gasteiger partial charge < -0.3 is 25.3 Å². The average Bonchev–Trinajstić information content (AvgIpc) is 2.34. The first-order chi connectivity index (χ1) is 8.69. The molecule has 0 fully saturated rings. The van der Waals surface area contributed by atoms with Gasteiger partial charge in [0.25, 0.3) is 0 Å². The molecular weight excluding hydrogens is 236 g/mol. The summed E-state index contributed by atoms with van der Waals surface area (Å²) in [6, 6.07) is 1.67. The number of anilines is 2. The molecule has 0 saturated heterocycles. The van der Waals surface area contributed by atoms with E-state index in [9.17, 15) is 0 Å². The molecule has 0 spiro atoms. The van der Waals surface area contributed by atoms with Crippen LogP contribution in [0.25, 0.3) is 0 Å². The van der Waals surface area contributed by atoms with Crippen molar-refractivity contribution in [3.8, 4) is 0 Å². The minimum Gasteiger partial charge on any atom is -0.384 e. The first-order valence-corrected chi connectivity index (χ1v) is 5.57. The number of hydrogen-bond donors (Lipinski definition) is 2. The van der Waals surface area contributed by atoms with Crippen LogP contribution in [0.4, 0.5) is 11.6 Å². The second-order valence-corrected chi connectivity index (χ2v) is 3.72. The predicted octanol–water partition coefficient (Wildman–Crippen LogP) is 0.279. The van der Waals surface area contributed by atoms with Crippen LogP contribution in [0.3, 0.4) is 0 Å². The summed E-state index contributed by atoms with van der Waals surface area (Å²) in [5, 5.41) is 3.13. The van der Waals surface area contributed by atoms with Gasteiger partial charge in [-0.1, -0.05) is 0 Å². The van der Waals surface area contributed by atoms with E-state index in [0.717, 1.165) is 0 Å². The van der Waals surface area contributed by atoms with Gasteiger partial charge in [0.05, 0.1) is 12.7 Å². The van der Waals surface area contributed by atoms with Gasteiger partial charge in [0, 0.05) is 33.9 Å². The molecule has 1 atom stereocenters. The van der Waals surface area contributed by atoms with E-state index in [4.69, 9.17) is 19.9 Å². The molecule has 1 rings (SSSR count). The maximum absolute atomic E-state index is 5.68. The molecule has 0 saturated carbocycles. The Morgan fingerprint density at radius 3 is 2.67 bits per heavy atom. The third-order valence-electron chi connectivity index (χ3n) is 2.26. The van der Waals surface area contributed by atoms with Gasteiger partial charge in [-0.2, -0.15) is 0 Å². The Hall–Kier alpha value is -1.44. The molecule has 1 aromatic heterocycles. The lowest BCUT2D eigenvalue weighted by Gasteiger charge is -2.15. The number of hydrogen-bond acceptors (Lipinski definition) is 7. The summed E-state index contributed by atoms with van der Waals surface area (Å²) in [6.07, 6.45) is -0.0444. The summed E-state index contributed by atoms with van der Waals surface area (Å²) in [4.78, 5) is 8.32. The highest BCUT2D eigenvalue weighted by Crippen LogP contribution is 2.09. The molecule has 1 heterocycles. The van der Waals surface area contributed by atoms with Crippen LogP contribution in [0.1, 0.15) is 5.82 Å². The summed E-state index contributed by atoms with van der Waals surface area (Å²) < 4.78 is 15.2. The minimum absolute atomic E-state index is 0.0444. The normalized spacial score (nSPS) is 12.4. The average molecular weight is 256 g/mol. The van der Waals surface area contributed by atoms with Crippen molar-refractivity contribution < 1.29 is 14.2 Å². The zero-order valence-corrected chi connectivity index (χ0v) is 11.0. The Balaban J connectivity index is 2.60. The number of rotatable bonds is 8. The molecular formula is C11H20N4O3. The number of nitrogens with one attached hydrogen (secondary N) is 1. The van der Waals surface area contributed by atoms with Gasteiger partial charge in [0.1, 0.15) is 18.2 Å². The number of nitrogen functional groups attached to an aromatic ring is 1. The van der Waals surface area contributed by atoms with Gasteiger partial charge in [-0.15, -0.1) is 0 Å². The second-order valence-electron chi connectivity index (χ2n) is 3.72. The maximum Gasteiger partial charge on any atom is 0.158 e. The highest BCUT2D eigenvalue weighted by Gasteiger charge is 2.08. The summed E-state index contributed by atoms with van der Waals surface area (Å²) in [5.41, 5.74) is 5.68. The summed E-state index contributed by atoms with van der Waals surface area (Å²) in [5.74, 6) is 1.59. The quantitative estimate of drug-likeness (QED) is 0.690. The van der Waals surface area contributed by atoms with Gasteiger partial charge in [0.2, 0.25) is 0 Å². The van der Waals surface area contributed by atoms with E-state index < -0.39 is 0 Å². The Morgan fingerprint density at radius 2 is 2.06 bits per heavy atom. The molecule has 0 aliphatic rings. The van der Waals surface area contributed by atoms with Crippen molar-refractivity contribution in [1.82, 2.24) is 9.97 Å². The van der Waals surface area contributed by atoms with E-state index in [1.807, 2.05) is 0 Å². The van der Waals surface area contributed by atoms with E-state index in [-0.39, 0.29) is 6.10 Å². The van der Waals surface area contributed by atoms with Crippen LogP contribution in [0.5, 0.6) is 0 Å². The minimum atomic E-state index is -0.0444. The van der Waals surface area contributed by atoms with Crippen molar-refractivity contribution in [3.63, 3.8) is 0 Å². The largest absolute Gasteiger partial charge is 0.384 e. The van der Waals surface area contributed by atoms with Crippen LogP contribution >= 0.6 is 0 Å². The smallest absolute Gasteiger partial charge is 0.158 e. The number of methoxy groups -OCH3 is 3. The number of nitrogens with two attached hydrogens (primary N) is 1. The highest BCUT2D eigenvalue weighted by atomic mass is 16.5. The Kier molecular flexibility index (Phi) is 6.34. The van der Waals surface area contributed by atoms with Gasteiger partial charge in [-0.3, -0.25) is 0 Å². The molecule has 7 nitrogen and oxygen atoms in total. The van der Waals surface area contributed by atoms with Crippen molar-refractivity contribution in [2.24, 2.45) is 0 Å². The molecule has 7 heteroatoms. The fraction of sp³-hybridized carbons (Fsp3) is 0.636. The third-order valence-corrected chi connectivity index (χ3v) is 2.26. The van der Waals surface area contributed by atoms with Gasteiger partial charge in [0.15, 0.2) is 5.82 Å². The second kappa shape index (κ2) is 7.80. The molecule has 0 aromatic carbocycles.